The molecule has 0 spiro atoms. The second-order valence-corrected chi connectivity index (χ2v) is 9.05. The summed E-state index contributed by atoms with van der Waals surface area (Å²) in [6.45, 7) is 11.1. The first kappa shape index (κ1) is 20.8. The number of rotatable bonds is 6. The first-order chi connectivity index (χ1) is 12.1. The molecule has 0 unspecified atom stereocenters. The topological polar surface area (TPSA) is 88.9 Å². The Bertz CT molecular complexity index is 708. The van der Waals surface area contributed by atoms with Crippen LogP contribution in [0.2, 0.25) is 0 Å². The Labute approximate surface area is 156 Å². The Hall–Kier alpha value is -1.48. The minimum absolute atomic E-state index is 0.0859. The number of nitrogens with one attached hydrogen (secondary N) is 3. The lowest BCUT2D eigenvalue weighted by molar-refractivity contribution is -0.928. The number of carbonyl (C=O) groups excluding carboxylic acids is 1. The molecule has 7 nitrogen and oxygen atoms in total. The van der Waals surface area contributed by atoms with Crippen LogP contribution in [-0.4, -0.2) is 51.7 Å². The maximum atomic E-state index is 12.5. The Morgan fingerprint density at radius 2 is 1.65 bits per heavy atom. The van der Waals surface area contributed by atoms with E-state index < -0.39 is 10.0 Å². The van der Waals surface area contributed by atoms with E-state index in [1.807, 2.05) is 20.8 Å². The number of ether oxygens (including phenoxy) is 1. The molecule has 1 aromatic rings. The molecule has 1 amide bonds. The summed E-state index contributed by atoms with van der Waals surface area (Å²) < 4.78 is 32.5. The predicted molar refractivity (Wildman–Crippen MR) is 101 cm³/mol. The van der Waals surface area contributed by atoms with Gasteiger partial charge in [-0.25, -0.2) is 13.1 Å². The van der Waals surface area contributed by atoms with Gasteiger partial charge in [-0.15, -0.1) is 0 Å². The normalized spacial score (nSPS) is 25.1. The summed E-state index contributed by atoms with van der Waals surface area (Å²) >= 11 is 0. The zero-order valence-electron chi connectivity index (χ0n) is 16.1. The molecule has 0 bridgehead atoms. The summed E-state index contributed by atoms with van der Waals surface area (Å²) in [6.07, 6.45) is 0.254. The van der Waals surface area contributed by atoms with Gasteiger partial charge in [-0.1, -0.05) is 0 Å². The Balaban J connectivity index is 2.01. The van der Waals surface area contributed by atoms with E-state index in [1.165, 1.54) is 17.0 Å². The third-order valence-corrected chi connectivity index (χ3v) is 6.07. The number of benzene rings is 1. The van der Waals surface area contributed by atoms with Crippen LogP contribution in [0.3, 0.4) is 0 Å². The molecular weight excluding hydrogens is 354 g/mol. The van der Waals surface area contributed by atoms with Crippen LogP contribution in [0, 0.1) is 0 Å². The number of hydrogen-bond acceptors (Lipinski definition) is 4. The van der Waals surface area contributed by atoms with Gasteiger partial charge in [-0.2, -0.15) is 0 Å². The second kappa shape index (κ2) is 8.47. The van der Waals surface area contributed by atoms with Gasteiger partial charge in [-0.3, -0.25) is 4.79 Å². The highest BCUT2D eigenvalue weighted by Gasteiger charge is 2.33. The molecule has 26 heavy (non-hydrogen) atoms. The van der Waals surface area contributed by atoms with E-state index in [4.69, 9.17) is 4.74 Å². The Morgan fingerprint density at radius 1 is 1.12 bits per heavy atom. The Kier molecular flexibility index (Phi) is 6.79. The number of hydrogen-bond donors (Lipinski definition) is 3. The van der Waals surface area contributed by atoms with Crippen LogP contribution in [0.4, 0.5) is 5.69 Å². The van der Waals surface area contributed by atoms with Gasteiger partial charge in [0, 0.05) is 11.7 Å². The van der Waals surface area contributed by atoms with E-state index in [0.717, 1.165) is 13.1 Å². The summed E-state index contributed by atoms with van der Waals surface area (Å²) in [7, 11) is -3.53. The van der Waals surface area contributed by atoms with Crippen LogP contribution >= 0.6 is 0 Å². The number of carbonyl (C=O) groups is 1. The smallest absolute Gasteiger partial charge is 0.282 e. The van der Waals surface area contributed by atoms with Crippen molar-refractivity contribution in [2.75, 3.05) is 18.4 Å². The average molecular weight is 385 g/mol. The fraction of sp³-hybridized carbons (Fsp3) is 0.611. The Morgan fingerprint density at radius 3 is 2.15 bits per heavy atom. The monoisotopic (exact) mass is 384 g/mol. The van der Waals surface area contributed by atoms with E-state index in [9.17, 15) is 13.2 Å². The number of morpholine rings is 1. The number of anilines is 1. The highest BCUT2D eigenvalue weighted by atomic mass is 32.2. The fourth-order valence-corrected chi connectivity index (χ4v) is 4.45. The SMILES string of the molecule is CC(C)NS(=O)(=O)c1ccc(NC(=O)[C@H](C)[NH+]2C[C@@H](C)O[C@H](C)C2)cc1. The van der Waals surface area contributed by atoms with Crippen molar-refractivity contribution in [3.63, 3.8) is 0 Å². The molecule has 1 aromatic carbocycles. The number of sulfonamides is 1. The van der Waals surface area contributed by atoms with Crippen molar-refractivity contribution in [1.29, 1.82) is 0 Å². The molecule has 3 N–H and O–H groups in total. The molecular formula is C18H30N3O4S+. The quantitative estimate of drug-likeness (QED) is 0.662. The zero-order chi connectivity index (χ0) is 19.5. The molecule has 0 saturated carbocycles. The molecule has 1 saturated heterocycles. The third kappa shape index (κ3) is 5.51. The van der Waals surface area contributed by atoms with Crippen LogP contribution in [0.25, 0.3) is 0 Å². The summed E-state index contributed by atoms with van der Waals surface area (Å²) in [5, 5.41) is 2.87. The first-order valence-corrected chi connectivity index (χ1v) is 10.5. The molecule has 0 aliphatic carbocycles. The van der Waals surface area contributed by atoms with Gasteiger partial charge in [0.1, 0.15) is 25.3 Å². The molecule has 146 valence electrons. The van der Waals surface area contributed by atoms with Crippen LogP contribution in [0.5, 0.6) is 0 Å². The molecule has 1 aliphatic heterocycles. The van der Waals surface area contributed by atoms with Crippen molar-refractivity contribution in [2.45, 2.75) is 63.8 Å². The van der Waals surface area contributed by atoms with Gasteiger partial charge in [-0.05, 0) is 58.9 Å². The van der Waals surface area contributed by atoms with Gasteiger partial charge in [0.25, 0.3) is 5.91 Å². The van der Waals surface area contributed by atoms with Crippen molar-refractivity contribution in [3.8, 4) is 0 Å². The fourth-order valence-electron chi connectivity index (χ4n) is 3.20. The van der Waals surface area contributed by atoms with Gasteiger partial charge >= 0.3 is 0 Å². The summed E-state index contributed by atoms with van der Waals surface area (Å²) in [5.41, 5.74) is 0.583. The van der Waals surface area contributed by atoms with Crippen LogP contribution in [-0.2, 0) is 19.6 Å². The van der Waals surface area contributed by atoms with Crippen molar-refractivity contribution < 1.29 is 22.8 Å². The number of amides is 1. The van der Waals surface area contributed by atoms with Gasteiger partial charge in [0.2, 0.25) is 10.0 Å². The molecule has 1 aliphatic rings. The lowest BCUT2D eigenvalue weighted by atomic mass is 10.1. The van der Waals surface area contributed by atoms with Crippen LogP contribution in [0.15, 0.2) is 29.2 Å². The third-order valence-electron chi connectivity index (χ3n) is 4.39. The summed E-state index contributed by atoms with van der Waals surface area (Å²) in [6, 6.07) is 5.82. The minimum atomic E-state index is -3.53. The lowest BCUT2D eigenvalue weighted by Gasteiger charge is -2.35. The van der Waals surface area contributed by atoms with E-state index in [0.29, 0.717) is 5.69 Å². The summed E-state index contributed by atoms with van der Waals surface area (Å²) in [4.78, 5) is 13.9. The highest BCUT2D eigenvalue weighted by Crippen LogP contribution is 2.14. The molecule has 8 heteroatoms. The van der Waals surface area contributed by atoms with Crippen LogP contribution < -0.4 is 14.9 Å². The van der Waals surface area contributed by atoms with E-state index in [2.05, 4.69) is 10.0 Å². The van der Waals surface area contributed by atoms with Crippen molar-refractivity contribution in [2.24, 2.45) is 0 Å². The lowest BCUT2D eigenvalue weighted by Crippen LogP contribution is -3.19. The molecule has 3 atom stereocenters. The van der Waals surface area contributed by atoms with E-state index in [-0.39, 0.29) is 35.1 Å². The predicted octanol–water partition coefficient (Wildman–Crippen LogP) is 0.392. The van der Waals surface area contributed by atoms with Gasteiger partial charge in [0.15, 0.2) is 6.04 Å². The molecule has 1 heterocycles. The standard InChI is InChI=1S/C18H29N3O4S/c1-12(2)20-26(23,24)17-8-6-16(7-9-17)19-18(22)15(5)21-10-13(3)25-14(4)11-21/h6-9,12-15,20H,10-11H2,1-5H3,(H,19,22)/p+1/t13-,14-,15+/m1/s1. The molecule has 2 rings (SSSR count). The van der Waals surface area contributed by atoms with Crippen molar-refractivity contribution >= 4 is 21.6 Å². The molecule has 1 fully saturated rings. The van der Waals surface area contributed by atoms with Gasteiger partial charge < -0.3 is 15.0 Å². The van der Waals surface area contributed by atoms with Crippen LogP contribution in [0.1, 0.15) is 34.6 Å². The average Bonchev–Trinajstić information content (AvgIpc) is 2.52. The van der Waals surface area contributed by atoms with Gasteiger partial charge in [0.05, 0.1) is 4.90 Å². The number of quaternary nitrogens is 1. The molecule has 0 aromatic heterocycles. The zero-order valence-corrected chi connectivity index (χ0v) is 16.9. The second-order valence-electron chi connectivity index (χ2n) is 7.34. The van der Waals surface area contributed by atoms with Crippen molar-refractivity contribution in [3.05, 3.63) is 24.3 Å². The maximum absolute atomic E-state index is 12.5. The maximum Gasteiger partial charge on any atom is 0.282 e. The minimum Gasteiger partial charge on any atom is -0.364 e. The largest absolute Gasteiger partial charge is 0.364 e. The van der Waals surface area contributed by atoms with Crippen molar-refractivity contribution in [1.82, 2.24) is 4.72 Å². The van der Waals surface area contributed by atoms with E-state index >= 15 is 0 Å². The highest BCUT2D eigenvalue weighted by molar-refractivity contribution is 7.89. The summed E-state index contributed by atoms with van der Waals surface area (Å²) in [5.74, 6) is -0.0859. The molecule has 0 radical (unpaired) electrons. The van der Waals surface area contributed by atoms with E-state index in [1.54, 1.807) is 26.0 Å². The first-order valence-electron chi connectivity index (χ1n) is 9.01.